The number of likely N-dealkylation sites (tertiary alicyclic amines) is 1. The van der Waals surface area contributed by atoms with E-state index in [1.165, 1.54) is 23.7 Å². The summed E-state index contributed by atoms with van der Waals surface area (Å²) < 4.78 is 5.83. The van der Waals surface area contributed by atoms with Gasteiger partial charge in [0.1, 0.15) is 17.1 Å². The van der Waals surface area contributed by atoms with Crippen LogP contribution in [0, 0.1) is 25.2 Å². The Balaban J connectivity index is 1.71. The summed E-state index contributed by atoms with van der Waals surface area (Å²) >= 11 is 1.42. The van der Waals surface area contributed by atoms with Crippen molar-refractivity contribution in [3.8, 4) is 11.9 Å². The molecule has 0 saturated carbocycles. The Labute approximate surface area is 143 Å². The molecule has 2 aromatic rings. The predicted octanol–water partition coefficient (Wildman–Crippen LogP) is 2.11. The van der Waals surface area contributed by atoms with Crippen LogP contribution in [0.3, 0.4) is 0 Å². The summed E-state index contributed by atoms with van der Waals surface area (Å²) in [5.41, 5.74) is 0.932. The number of nitrogens with zero attached hydrogens (tertiary/aromatic N) is 5. The number of carbonyl (C=O) groups excluding carboxylic acids is 1. The van der Waals surface area contributed by atoms with Crippen molar-refractivity contribution in [3.63, 3.8) is 0 Å². The number of carbonyl (C=O) groups is 1. The van der Waals surface area contributed by atoms with Gasteiger partial charge in [-0.3, -0.25) is 4.79 Å². The first-order valence-corrected chi connectivity index (χ1v) is 8.51. The third kappa shape index (κ3) is 3.36. The number of aromatic nitrogens is 3. The van der Waals surface area contributed by atoms with Gasteiger partial charge in [0.2, 0.25) is 5.69 Å². The van der Waals surface area contributed by atoms with Gasteiger partial charge in [-0.2, -0.15) is 5.26 Å². The molecule has 1 aliphatic heterocycles. The maximum atomic E-state index is 12.7. The summed E-state index contributed by atoms with van der Waals surface area (Å²) in [5.74, 6) is 0.218. The molecule has 1 saturated heterocycles. The average molecular weight is 343 g/mol. The van der Waals surface area contributed by atoms with E-state index in [0.717, 1.165) is 23.5 Å². The van der Waals surface area contributed by atoms with Gasteiger partial charge in [0.15, 0.2) is 0 Å². The zero-order valence-corrected chi connectivity index (χ0v) is 14.3. The van der Waals surface area contributed by atoms with E-state index in [1.807, 2.05) is 19.9 Å². The number of hydrogen-bond donors (Lipinski definition) is 0. The molecule has 24 heavy (non-hydrogen) atoms. The molecule has 8 heteroatoms. The fraction of sp³-hybridized carbons (Fsp3) is 0.438. The minimum absolute atomic E-state index is 0.00828. The zero-order chi connectivity index (χ0) is 17.1. The highest BCUT2D eigenvalue weighted by Crippen LogP contribution is 2.23. The third-order valence-electron chi connectivity index (χ3n) is 3.81. The standard InChI is InChI=1S/C16H17N5O2S/c1-10-14(24-11(2)20-10)16(22)21-7-3-4-12(9-21)23-15-13(8-17)18-5-6-19-15/h5-6,12H,3-4,7,9H2,1-2H3/t12-/m0/s1. The molecular formula is C16H17N5O2S. The first-order valence-electron chi connectivity index (χ1n) is 7.69. The SMILES string of the molecule is Cc1nc(C)c(C(=O)N2CCC[C@H](Oc3nccnc3C#N)C2)s1. The molecule has 0 spiro atoms. The maximum Gasteiger partial charge on any atom is 0.265 e. The maximum absolute atomic E-state index is 12.7. The van der Waals surface area contributed by atoms with Crippen LogP contribution in [0.5, 0.6) is 5.88 Å². The van der Waals surface area contributed by atoms with Crippen molar-refractivity contribution < 1.29 is 9.53 Å². The Bertz CT molecular complexity index is 798. The molecule has 1 aliphatic rings. The quantitative estimate of drug-likeness (QED) is 0.847. The average Bonchev–Trinajstić information content (AvgIpc) is 2.93. The number of hydrogen-bond acceptors (Lipinski definition) is 7. The van der Waals surface area contributed by atoms with E-state index in [2.05, 4.69) is 15.0 Å². The molecule has 1 amide bonds. The molecule has 0 aliphatic carbocycles. The largest absolute Gasteiger partial charge is 0.470 e. The lowest BCUT2D eigenvalue weighted by Gasteiger charge is -2.32. The molecule has 3 rings (SSSR count). The van der Waals surface area contributed by atoms with Crippen molar-refractivity contribution in [1.29, 1.82) is 5.26 Å². The molecule has 0 bridgehead atoms. The van der Waals surface area contributed by atoms with E-state index < -0.39 is 0 Å². The number of ether oxygens (including phenoxy) is 1. The van der Waals surface area contributed by atoms with Crippen molar-refractivity contribution in [2.45, 2.75) is 32.8 Å². The van der Waals surface area contributed by atoms with E-state index in [-0.39, 0.29) is 23.6 Å². The number of aryl methyl sites for hydroxylation is 2. The second-order valence-corrected chi connectivity index (χ2v) is 6.81. The van der Waals surface area contributed by atoms with E-state index in [0.29, 0.717) is 18.0 Å². The zero-order valence-electron chi connectivity index (χ0n) is 13.5. The minimum Gasteiger partial charge on any atom is -0.470 e. The minimum atomic E-state index is -0.194. The Morgan fingerprint density at radius 2 is 2.21 bits per heavy atom. The van der Waals surface area contributed by atoms with Crippen LogP contribution in [0.4, 0.5) is 0 Å². The Morgan fingerprint density at radius 3 is 2.92 bits per heavy atom. The van der Waals surface area contributed by atoms with Gasteiger partial charge >= 0.3 is 0 Å². The van der Waals surface area contributed by atoms with Crippen molar-refractivity contribution in [3.05, 3.63) is 33.7 Å². The molecule has 0 N–H and O–H groups in total. The number of amides is 1. The van der Waals surface area contributed by atoms with Crippen LogP contribution in [-0.4, -0.2) is 45.0 Å². The third-order valence-corrected chi connectivity index (χ3v) is 4.87. The Hall–Kier alpha value is -2.53. The first kappa shape index (κ1) is 16.3. The van der Waals surface area contributed by atoms with Crippen molar-refractivity contribution in [1.82, 2.24) is 19.9 Å². The smallest absolute Gasteiger partial charge is 0.265 e. The molecule has 7 nitrogen and oxygen atoms in total. The monoisotopic (exact) mass is 343 g/mol. The summed E-state index contributed by atoms with van der Waals surface area (Å²) in [5, 5.41) is 9.95. The lowest BCUT2D eigenvalue weighted by atomic mass is 10.1. The number of nitriles is 1. The fourth-order valence-electron chi connectivity index (χ4n) is 2.74. The van der Waals surface area contributed by atoms with Crippen LogP contribution in [0.25, 0.3) is 0 Å². The number of rotatable bonds is 3. The molecule has 1 atom stereocenters. The van der Waals surface area contributed by atoms with Crippen LogP contribution in [0.15, 0.2) is 12.4 Å². The van der Waals surface area contributed by atoms with Gasteiger partial charge in [-0.1, -0.05) is 0 Å². The highest BCUT2D eigenvalue weighted by molar-refractivity contribution is 7.13. The van der Waals surface area contributed by atoms with E-state index in [1.54, 1.807) is 4.90 Å². The summed E-state index contributed by atoms with van der Waals surface area (Å²) in [6.45, 7) is 4.92. The highest BCUT2D eigenvalue weighted by atomic mass is 32.1. The molecule has 3 heterocycles. The molecule has 2 aromatic heterocycles. The number of piperidine rings is 1. The molecule has 0 aromatic carbocycles. The molecule has 1 fully saturated rings. The topological polar surface area (TPSA) is 92.0 Å². The van der Waals surface area contributed by atoms with Crippen LogP contribution in [0.1, 0.15) is 38.9 Å². The summed E-state index contributed by atoms with van der Waals surface area (Å²) in [7, 11) is 0. The summed E-state index contributed by atoms with van der Waals surface area (Å²) in [4.78, 5) is 27.5. The predicted molar refractivity (Wildman–Crippen MR) is 87.9 cm³/mol. The van der Waals surface area contributed by atoms with Gasteiger partial charge in [0.25, 0.3) is 11.8 Å². The first-order chi connectivity index (χ1) is 11.6. The molecule has 0 radical (unpaired) electrons. The van der Waals surface area contributed by atoms with E-state index in [4.69, 9.17) is 10.00 Å². The molecular weight excluding hydrogens is 326 g/mol. The van der Waals surface area contributed by atoms with Gasteiger partial charge in [-0.25, -0.2) is 15.0 Å². The van der Waals surface area contributed by atoms with E-state index >= 15 is 0 Å². The second-order valence-electron chi connectivity index (χ2n) is 5.60. The van der Waals surface area contributed by atoms with Crippen LogP contribution >= 0.6 is 11.3 Å². The van der Waals surface area contributed by atoms with Crippen LogP contribution in [-0.2, 0) is 0 Å². The lowest BCUT2D eigenvalue weighted by Crippen LogP contribution is -2.44. The highest BCUT2D eigenvalue weighted by Gasteiger charge is 2.28. The van der Waals surface area contributed by atoms with Gasteiger partial charge in [0.05, 0.1) is 17.2 Å². The van der Waals surface area contributed by atoms with Crippen molar-refractivity contribution in [2.24, 2.45) is 0 Å². The van der Waals surface area contributed by atoms with Crippen LogP contribution in [0.2, 0.25) is 0 Å². The van der Waals surface area contributed by atoms with Crippen molar-refractivity contribution >= 4 is 17.2 Å². The number of thiazole rings is 1. The van der Waals surface area contributed by atoms with Gasteiger partial charge in [-0.15, -0.1) is 11.3 Å². The summed E-state index contributed by atoms with van der Waals surface area (Å²) in [6, 6.07) is 1.97. The second kappa shape index (κ2) is 6.93. The Morgan fingerprint density at radius 1 is 1.42 bits per heavy atom. The van der Waals surface area contributed by atoms with Gasteiger partial charge in [-0.05, 0) is 26.7 Å². The van der Waals surface area contributed by atoms with Gasteiger partial charge in [0, 0.05) is 18.9 Å². The molecule has 124 valence electrons. The lowest BCUT2D eigenvalue weighted by molar-refractivity contribution is 0.0529. The Kier molecular flexibility index (Phi) is 4.71. The van der Waals surface area contributed by atoms with E-state index in [9.17, 15) is 4.79 Å². The van der Waals surface area contributed by atoms with Crippen molar-refractivity contribution in [2.75, 3.05) is 13.1 Å². The summed E-state index contributed by atoms with van der Waals surface area (Å²) in [6.07, 6.45) is 4.41. The molecule has 0 unspecified atom stereocenters. The van der Waals surface area contributed by atoms with Gasteiger partial charge < -0.3 is 9.64 Å². The van der Waals surface area contributed by atoms with Crippen LogP contribution < -0.4 is 4.74 Å². The normalized spacial score (nSPS) is 17.4. The fourth-order valence-corrected chi connectivity index (χ4v) is 3.63.